The summed E-state index contributed by atoms with van der Waals surface area (Å²) in [6.45, 7) is 2.61. The van der Waals surface area contributed by atoms with Crippen LogP contribution in [0.4, 0.5) is 0 Å². The molecule has 2 rings (SSSR count). The van der Waals surface area contributed by atoms with E-state index in [1.807, 2.05) is 61.5 Å². The fourth-order valence-electron chi connectivity index (χ4n) is 2.18. The summed E-state index contributed by atoms with van der Waals surface area (Å²) in [6, 6.07) is 17.6. The molecule has 0 saturated carbocycles. The van der Waals surface area contributed by atoms with E-state index in [0.717, 1.165) is 23.3 Å². The Morgan fingerprint density at radius 1 is 1.00 bits per heavy atom. The lowest BCUT2D eigenvalue weighted by Crippen LogP contribution is -2.30. The summed E-state index contributed by atoms with van der Waals surface area (Å²) in [4.78, 5) is 0. The first-order valence-electron chi connectivity index (χ1n) is 7.76. The molecule has 0 unspecified atom stereocenters. The molecule has 5 heteroatoms. The van der Waals surface area contributed by atoms with E-state index in [4.69, 9.17) is 4.74 Å². The van der Waals surface area contributed by atoms with E-state index in [-0.39, 0.29) is 12.3 Å². The van der Waals surface area contributed by atoms with Crippen LogP contribution >= 0.6 is 0 Å². The molecule has 0 aromatic heterocycles. The van der Waals surface area contributed by atoms with Gasteiger partial charge in [-0.3, -0.25) is 0 Å². The largest absolute Gasteiger partial charge is 0.492 e. The molecule has 0 fully saturated rings. The molecule has 2 aromatic carbocycles. The average molecular weight is 333 g/mol. The lowest BCUT2D eigenvalue weighted by atomic mass is 10.1. The van der Waals surface area contributed by atoms with E-state index < -0.39 is 10.0 Å². The number of ether oxygens (including phenoxy) is 1. The standard InChI is InChI=1S/C18H23NO3S/c1-16-9-11-18(12-10-16)22-14-13-19-23(20,21)15-5-8-17-6-3-2-4-7-17/h2-4,6-7,9-12,19H,5,8,13-15H2,1H3. The molecule has 124 valence electrons. The number of aryl methyl sites for hydroxylation is 2. The SMILES string of the molecule is Cc1ccc(OCCNS(=O)(=O)CCCc2ccccc2)cc1. The smallest absolute Gasteiger partial charge is 0.211 e. The van der Waals surface area contributed by atoms with Crippen molar-refractivity contribution in [2.45, 2.75) is 19.8 Å². The van der Waals surface area contributed by atoms with Gasteiger partial charge in [0.1, 0.15) is 12.4 Å². The number of rotatable bonds is 9. The summed E-state index contributed by atoms with van der Waals surface area (Å²) in [7, 11) is -3.24. The fraction of sp³-hybridized carbons (Fsp3) is 0.333. The Bertz CT molecular complexity index is 682. The van der Waals surface area contributed by atoms with Crippen molar-refractivity contribution >= 4 is 10.0 Å². The van der Waals surface area contributed by atoms with Crippen LogP contribution < -0.4 is 9.46 Å². The molecular formula is C18H23NO3S. The Labute approximate surface area is 138 Å². The van der Waals surface area contributed by atoms with Gasteiger partial charge in [0.2, 0.25) is 10.0 Å². The molecular weight excluding hydrogens is 310 g/mol. The van der Waals surface area contributed by atoms with E-state index >= 15 is 0 Å². The number of sulfonamides is 1. The minimum atomic E-state index is -3.24. The summed E-state index contributed by atoms with van der Waals surface area (Å²) >= 11 is 0. The predicted molar refractivity (Wildman–Crippen MR) is 93.2 cm³/mol. The zero-order chi connectivity index (χ0) is 16.5. The highest BCUT2D eigenvalue weighted by atomic mass is 32.2. The van der Waals surface area contributed by atoms with Crippen LogP contribution in [-0.2, 0) is 16.4 Å². The first-order valence-corrected chi connectivity index (χ1v) is 9.41. The molecule has 23 heavy (non-hydrogen) atoms. The van der Waals surface area contributed by atoms with Gasteiger partial charge >= 0.3 is 0 Å². The first-order chi connectivity index (χ1) is 11.1. The normalized spacial score (nSPS) is 11.3. The van der Waals surface area contributed by atoms with E-state index in [0.29, 0.717) is 13.0 Å². The molecule has 0 atom stereocenters. The van der Waals surface area contributed by atoms with Crippen LogP contribution in [0.3, 0.4) is 0 Å². The molecule has 0 aliphatic heterocycles. The van der Waals surface area contributed by atoms with Crippen LogP contribution in [0.15, 0.2) is 54.6 Å². The van der Waals surface area contributed by atoms with E-state index in [1.165, 1.54) is 0 Å². The van der Waals surface area contributed by atoms with E-state index in [9.17, 15) is 8.42 Å². The molecule has 2 aromatic rings. The first kappa shape index (κ1) is 17.5. The number of hydrogen-bond acceptors (Lipinski definition) is 3. The van der Waals surface area contributed by atoms with Crippen molar-refractivity contribution in [2.75, 3.05) is 18.9 Å². The lowest BCUT2D eigenvalue weighted by Gasteiger charge is -2.09. The van der Waals surface area contributed by atoms with Crippen molar-refractivity contribution in [3.63, 3.8) is 0 Å². The maximum absolute atomic E-state index is 11.9. The van der Waals surface area contributed by atoms with Gasteiger partial charge in [0.05, 0.1) is 5.75 Å². The van der Waals surface area contributed by atoms with Gasteiger partial charge in [-0.1, -0.05) is 48.0 Å². The van der Waals surface area contributed by atoms with E-state index in [1.54, 1.807) is 0 Å². The van der Waals surface area contributed by atoms with Gasteiger partial charge in [0.15, 0.2) is 0 Å². The van der Waals surface area contributed by atoms with Crippen LogP contribution in [-0.4, -0.2) is 27.3 Å². The van der Waals surface area contributed by atoms with Gasteiger partial charge in [-0.15, -0.1) is 0 Å². The Morgan fingerprint density at radius 2 is 1.70 bits per heavy atom. The van der Waals surface area contributed by atoms with Crippen LogP contribution in [0.25, 0.3) is 0 Å². The van der Waals surface area contributed by atoms with Crippen LogP contribution in [0, 0.1) is 6.92 Å². The van der Waals surface area contributed by atoms with Gasteiger partial charge in [0, 0.05) is 6.54 Å². The van der Waals surface area contributed by atoms with Crippen molar-refractivity contribution in [2.24, 2.45) is 0 Å². The highest BCUT2D eigenvalue weighted by Crippen LogP contribution is 2.10. The third kappa shape index (κ3) is 6.84. The van der Waals surface area contributed by atoms with Gasteiger partial charge < -0.3 is 4.74 Å². The van der Waals surface area contributed by atoms with Crippen LogP contribution in [0.5, 0.6) is 5.75 Å². The quantitative estimate of drug-likeness (QED) is 0.718. The second-order valence-corrected chi connectivity index (χ2v) is 7.39. The van der Waals surface area contributed by atoms with Gasteiger partial charge in [-0.25, -0.2) is 13.1 Å². The summed E-state index contributed by atoms with van der Waals surface area (Å²) in [5.74, 6) is 0.880. The summed E-state index contributed by atoms with van der Waals surface area (Å²) in [5, 5.41) is 0. The van der Waals surface area contributed by atoms with Crippen LogP contribution in [0.2, 0.25) is 0 Å². The minimum Gasteiger partial charge on any atom is -0.492 e. The fourth-order valence-corrected chi connectivity index (χ4v) is 3.25. The summed E-state index contributed by atoms with van der Waals surface area (Å²) < 4.78 is 31.9. The highest BCUT2D eigenvalue weighted by Gasteiger charge is 2.09. The molecule has 0 spiro atoms. The second kappa shape index (κ2) is 8.70. The molecule has 1 N–H and O–H groups in total. The minimum absolute atomic E-state index is 0.131. The average Bonchev–Trinajstić information content (AvgIpc) is 2.54. The van der Waals surface area contributed by atoms with E-state index in [2.05, 4.69) is 4.72 Å². The Balaban J connectivity index is 1.64. The number of nitrogens with one attached hydrogen (secondary N) is 1. The van der Waals surface area contributed by atoms with Crippen molar-refractivity contribution in [1.82, 2.24) is 4.72 Å². The lowest BCUT2D eigenvalue weighted by molar-refractivity contribution is 0.323. The van der Waals surface area contributed by atoms with Gasteiger partial charge in [0.25, 0.3) is 0 Å². The van der Waals surface area contributed by atoms with Crippen molar-refractivity contribution in [3.05, 3.63) is 65.7 Å². The number of benzene rings is 2. The maximum atomic E-state index is 11.9. The topological polar surface area (TPSA) is 55.4 Å². The maximum Gasteiger partial charge on any atom is 0.211 e. The Morgan fingerprint density at radius 3 is 2.39 bits per heavy atom. The summed E-state index contributed by atoms with van der Waals surface area (Å²) in [5.41, 5.74) is 2.32. The molecule has 0 bridgehead atoms. The van der Waals surface area contributed by atoms with Crippen LogP contribution in [0.1, 0.15) is 17.5 Å². The van der Waals surface area contributed by atoms with Crippen molar-refractivity contribution < 1.29 is 13.2 Å². The zero-order valence-corrected chi connectivity index (χ0v) is 14.2. The Kier molecular flexibility index (Phi) is 6.62. The highest BCUT2D eigenvalue weighted by molar-refractivity contribution is 7.89. The second-order valence-electron chi connectivity index (χ2n) is 5.46. The molecule has 0 radical (unpaired) electrons. The third-order valence-corrected chi connectivity index (χ3v) is 4.91. The monoisotopic (exact) mass is 333 g/mol. The predicted octanol–water partition coefficient (Wildman–Crippen LogP) is 2.93. The number of hydrogen-bond donors (Lipinski definition) is 1. The van der Waals surface area contributed by atoms with Gasteiger partial charge in [-0.2, -0.15) is 0 Å². The third-order valence-electron chi connectivity index (χ3n) is 3.44. The molecule has 0 aliphatic rings. The molecule has 0 amide bonds. The van der Waals surface area contributed by atoms with Crippen molar-refractivity contribution in [1.29, 1.82) is 0 Å². The van der Waals surface area contributed by atoms with Gasteiger partial charge in [-0.05, 0) is 37.5 Å². The molecule has 0 heterocycles. The molecule has 0 saturated heterocycles. The van der Waals surface area contributed by atoms with Crippen molar-refractivity contribution in [3.8, 4) is 5.75 Å². The molecule has 0 aliphatic carbocycles. The zero-order valence-electron chi connectivity index (χ0n) is 13.4. The molecule has 4 nitrogen and oxygen atoms in total. The Hall–Kier alpha value is -1.85. The summed E-state index contributed by atoms with van der Waals surface area (Å²) in [6.07, 6.45) is 1.37.